The van der Waals surface area contributed by atoms with Crippen molar-refractivity contribution in [3.63, 3.8) is 0 Å². The summed E-state index contributed by atoms with van der Waals surface area (Å²) in [6, 6.07) is 18.8. The first-order chi connectivity index (χ1) is 20.0. The fourth-order valence-electron chi connectivity index (χ4n) is 5.04. The van der Waals surface area contributed by atoms with E-state index in [0.29, 0.717) is 30.1 Å². The predicted octanol–water partition coefficient (Wildman–Crippen LogP) is 4.22. The second-order valence-corrected chi connectivity index (χ2v) is 10.7. The Hall–Kier alpha value is -3.79. The van der Waals surface area contributed by atoms with Crippen LogP contribution in [-0.2, 0) is 17.7 Å². The van der Waals surface area contributed by atoms with Crippen LogP contribution in [0, 0.1) is 6.92 Å². The molecule has 2 aliphatic rings. The van der Waals surface area contributed by atoms with Gasteiger partial charge >= 0.3 is 6.09 Å². The Bertz CT molecular complexity index is 1270. The molecule has 2 amide bonds. The molecule has 9 nitrogen and oxygen atoms in total. The molecule has 0 saturated carbocycles. The fourth-order valence-corrected chi connectivity index (χ4v) is 5.04. The molecule has 1 aromatic heterocycles. The SMILES string of the molecule is Cc1ccc(CCCN2CCN(C(=O)Oc3ccc(NC(=O)c4ccc(CN5CCOCC5)cc4)cc3)CC2)nc1. The number of carbonyl (C=O) groups is 2. The number of anilines is 1. The van der Waals surface area contributed by atoms with E-state index in [-0.39, 0.29) is 12.0 Å². The van der Waals surface area contributed by atoms with Gasteiger partial charge in [-0.05, 0) is 79.9 Å². The zero-order chi connectivity index (χ0) is 28.4. The average molecular weight is 558 g/mol. The molecule has 216 valence electrons. The molecule has 0 bridgehead atoms. The molecule has 0 radical (unpaired) electrons. The summed E-state index contributed by atoms with van der Waals surface area (Å²) < 4.78 is 11.0. The van der Waals surface area contributed by atoms with Crippen molar-refractivity contribution >= 4 is 17.7 Å². The summed E-state index contributed by atoms with van der Waals surface area (Å²) in [6.07, 6.45) is 3.57. The minimum atomic E-state index is -0.345. The summed E-state index contributed by atoms with van der Waals surface area (Å²) in [7, 11) is 0. The van der Waals surface area contributed by atoms with Crippen LogP contribution in [0.3, 0.4) is 0 Å². The van der Waals surface area contributed by atoms with Crippen molar-refractivity contribution in [2.24, 2.45) is 0 Å². The maximum atomic E-state index is 12.7. The van der Waals surface area contributed by atoms with Crippen molar-refractivity contribution in [3.05, 3.63) is 89.2 Å². The highest BCUT2D eigenvalue weighted by molar-refractivity contribution is 6.04. The number of benzene rings is 2. The van der Waals surface area contributed by atoms with Crippen LogP contribution < -0.4 is 10.1 Å². The lowest BCUT2D eigenvalue weighted by Gasteiger charge is -2.34. The Kier molecular flexibility index (Phi) is 9.96. The van der Waals surface area contributed by atoms with Gasteiger partial charge in [0, 0.05) is 69.0 Å². The standard InChI is InChI=1S/C32H39N5O4/c1-25-4-9-28(33-23-25)3-2-14-35-15-17-37(18-16-35)32(39)41-30-12-10-29(11-13-30)34-31(38)27-7-5-26(6-8-27)24-36-19-21-40-22-20-36/h4-13,23H,2-3,14-22,24H2,1H3,(H,34,38). The molecule has 2 fully saturated rings. The van der Waals surface area contributed by atoms with Crippen LogP contribution in [0.2, 0.25) is 0 Å². The maximum Gasteiger partial charge on any atom is 0.415 e. The molecule has 3 heterocycles. The molecular formula is C32H39N5O4. The molecule has 2 saturated heterocycles. The molecule has 9 heteroatoms. The molecule has 1 N–H and O–H groups in total. The van der Waals surface area contributed by atoms with Gasteiger partial charge in [0.15, 0.2) is 0 Å². The third-order valence-corrected chi connectivity index (χ3v) is 7.55. The summed E-state index contributed by atoms with van der Waals surface area (Å²) in [5.41, 5.74) is 4.71. The molecule has 0 aliphatic carbocycles. The van der Waals surface area contributed by atoms with E-state index in [4.69, 9.17) is 9.47 Å². The van der Waals surface area contributed by atoms with Crippen LogP contribution in [0.4, 0.5) is 10.5 Å². The monoisotopic (exact) mass is 557 g/mol. The number of ether oxygens (including phenoxy) is 2. The number of aryl methyl sites for hydroxylation is 2. The Balaban J connectivity index is 1.02. The Morgan fingerprint density at radius 3 is 2.29 bits per heavy atom. The first-order valence-corrected chi connectivity index (χ1v) is 14.4. The predicted molar refractivity (Wildman–Crippen MR) is 158 cm³/mol. The van der Waals surface area contributed by atoms with Crippen molar-refractivity contribution in [2.45, 2.75) is 26.3 Å². The molecule has 0 atom stereocenters. The minimum Gasteiger partial charge on any atom is -0.410 e. The normalized spacial score (nSPS) is 16.4. The highest BCUT2D eigenvalue weighted by Gasteiger charge is 2.22. The van der Waals surface area contributed by atoms with Crippen LogP contribution in [0.5, 0.6) is 5.75 Å². The van der Waals surface area contributed by atoms with E-state index in [1.165, 1.54) is 11.1 Å². The Morgan fingerprint density at radius 2 is 1.61 bits per heavy atom. The lowest BCUT2D eigenvalue weighted by molar-refractivity contribution is 0.0342. The van der Waals surface area contributed by atoms with E-state index in [0.717, 1.165) is 71.0 Å². The van der Waals surface area contributed by atoms with E-state index < -0.39 is 0 Å². The Labute approximate surface area is 242 Å². The van der Waals surface area contributed by atoms with Gasteiger partial charge in [-0.1, -0.05) is 18.2 Å². The van der Waals surface area contributed by atoms with Gasteiger partial charge in [-0.25, -0.2) is 4.79 Å². The fraction of sp³-hybridized carbons (Fsp3) is 0.406. The van der Waals surface area contributed by atoms with Crippen LogP contribution in [0.25, 0.3) is 0 Å². The van der Waals surface area contributed by atoms with E-state index >= 15 is 0 Å². The highest BCUT2D eigenvalue weighted by atomic mass is 16.6. The van der Waals surface area contributed by atoms with Gasteiger partial charge in [0.05, 0.1) is 13.2 Å². The number of nitrogens with zero attached hydrogens (tertiary/aromatic N) is 4. The minimum absolute atomic E-state index is 0.180. The maximum absolute atomic E-state index is 12.7. The van der Waals surface area contributed by atoms with Gasteiger partial charge in [0.1, 0.15) is 5.75 Å². The lowest BCUT2D eigenvalue weighted by Crippen LogP contribution is -2.49. The molecule has 5 rings (SSSR count). The molecule has 2 aromatic carbocycles. The van der Waals surface area contributed by atoms with E-state index in [2.05, 4.69) is 32.2 Å². The van der Waals surface area contributed by atoms with Gasteiger partial charge in [0.2, 0.25) is 0 Å². The number of pyridine rings is 1. The number of hydrogen-bond acceptors (Lipinski definition) is 7. The molecule has 2 aliphatic heterocycles. The average Bonchev–Trinajstić information content (AvgIpc) is 3.00. The number of carbonyl (C=O) groups excluding carboxylic acids is 2. The first-order valence-electron chi connectivity index (χ1n) is 14.4. The lowest BCUT2D eigenvalue weighted by atomic mass is 10.1. The second-order valence-electron chi connectivity index (χ2n) is 10.7. The van der Waals surface area contributed by atoms with Crippen LogP contribution in [0.1, 0.15) is 33.6 Å². The topological polar surface area (TPSA) is 87.2 Å². The number of amides is 2. The number of piperazine rings is 1. The van der Waals surface area contributed by atoms with Crippen molar-refractivity contribution in [1.29, 1.82) is 0 Å². The van der Waals surface area contributed by atoms with Crippen LogP contribution >= 0.6 is 0 Å². The summed E-state index contributed by atoms with van der Waals surface area (Å²) >= 11 is 0. The third kappa shape index (κ3) is 8.60. The molecule has 41 heavy (non-hydrogen) atoms. The summed E-state index contributed by atoms with van der Waals surface area (Å²) in [6.45, 7) is 10.2. The third-order valence-electron chi connectivity index (χ3n) is 7.55. The van der Waals surface area contributed by atoms with Crippen molar-refractivity contribution in [3.8, 4) is 5.75 Å². The number of rotatable bonds is 9. The first kappa shape index (κ1) is 28.7. The van der Waals surface area contributed by atoms with Gasteiger partial charge in [-0.3, -0.25) is 19.6 Å². The number of hydrogen-bond donors (Lipinski definition) is 1. The van der Waals surface area contributed by atoms with Gasteiger partial charge < -0.3 is 19.7 Å². The van der Waals surface area contributed by atoms with Gasteiger partial charge in [-0.2, -0.15) is 0 Å². The quantitative estimate of drug-likeness (QED) is 0.422. The van der Waals surface area contributed by atoms with Crippen molar-refractivity contribution < 1.29 is 19.1 Å². The van der Waals surface area contributed by atoms with Gasteiger partial charge in [-0.15, -0.1) is 0 Å². The Morgan fingerprint density at radius 1 is 0.878 bits per heavy atom. The van der Waals surface area contributed by atoms with Crippen LogP contribution in [-0.4, -0.2) is 90.7 Å². The molecular weight excluding hydrogens is 518 g/mol. The van der Waals surface area contributed by atoms with Crippen molar-refractivity contribution in [2.75, 3.05) is 64.3 Å². The highest BCUT2D eigenvalue weighted by Crippen LogP contribution is 2.19. The largest absolute Gasteiger partial charge is 0.415 e. The smallest absolute Gasteiger partial charge is 0.410 e. The van der Waals surface area contributed by atoms with E-state index in [1.807, 2.05) is 37.4 Å². The molecule has 3 aromatic rings. The number of morpholine rings is 1. The van der Waals surface area contributed by atoms with Crippen LogP contribution in [0.15, 0.2) is 66.9 Å². The second kappa shape index (κ2) is 14.2. The zero-order valence-electron chi connectivity index (χ0n) is 23.8. The summed E-state index contributed by atoms with van der Waals surface area (Å²) in [5, 5.41) is 2.91. The van der Waals surface area contributed by atoms with Gasteiger partial charge in [0.25, 0.3) is 5.91 Å². The molecule has 0 spiro atoms. The summed E-state index contributed by atoms with van der Waals surface area (Å²) in [4.78, 5) is 36.4. The van der Waals surface area contributed by atoms with E-state index in [1.54, 1.807) is 29.2 Å². The summed E-state index contributed by atoms with van der Waals surface area (Å²) in [5.74, 6) is 0.272. The number of nitrogens with one attached hydrogen (secondary N) is 1. The van der Waals surface area contributed by atoms with E-state index in [9.17, 15) is 9.59 Å². The zero-order valence-corrected chi connectivity index (χ0v) is 23.8. The van der Waals surface area contributed by atoms with Crippen molar-refractivity contribution in [1.82, 2.24) is 19.7 Å². The molecule has 0 unspecified atom stereocenters. The number of aromatic nitrogens is 1.